The topological polar surface area (TPSA) is 49.4 Å². The maximum Gasteiger partial charge on any atom is 0.251 e. The van der Waals surface area contributed by atoms with Crippen LogP contribution in [-0.2, 0) is 11.3 Å². The van der Waals surface area contributed by atoms with E-state index in [1.54, 1.807) is 30.0 Å². The number of carbonyl (C=O) groups is 2. The zero-order chi connectivity index (χ0) is 18.5. The highest BCUT2D eigenvalue weighted by molar-refractivity contribution is 8.00. The Morgan fingerprint density at radius 1 is 1.23 bits per heavy atom. The van der Waals surface area contributed by atoms with Gasteiger partial charge < -0.3 is 10.2 Å². The summed E-state index contributed by atoms with van der Waals surface area (Å²) in [5.74, 6) is 0.437. The lowest BCUT2D eigenvalue weighted by Crippen LogP contribution is -2.27. The van der Waals surface area contributed by atoms with E-state index >= 15 is 0 Å². The molecular formula is C20H19ClN2O2S. The van der Waals surface area contributed by atoms with E-state index in [0.29, 0.717) is 29.4 Å². The number of hydrogen-bond acceptors (Lipinski definition) is 3. The summed E-state index contributed by atoms with van der Waals surface area (Å²) in [5.41, 5.74) is 2.64. The van der Waals surface area contributed by atoms with E-state index < -0.39 is 0 Å². The monoisotopic (exact) mass is 386 g/mol. The van der Waals surface area contributed by atoms with Crippen LogP contribution in [0.1, 0.15) is 26.9 Å². The van der Waals surface area contributed by atoms with E-state index in [2.05, 4.69) is 11.9 Å². The second-order valence-electron chi connectivity index (χ2n) is 5.93. The lowest BCUT2D eigenvalue weighted by molar-refractivity contribution is -0.128. The normalized spacial score (nSPS) is 16.6. The third kappa shape index (κ3) is 4.29. The minimum absolute atomic E-state index is 0.0523. The highest BCUT2D eigenvalue weighted by Gasteiger charge is 2.32. The zero-order valence-corrected chi connectivity index (χ0v) is 15.7. The molecule has 1 fully saturated rings. The van der Waals surface area contributed by atoms with Gasteiger partial charge in [0.2, 0.25) is 5.91 Å². The lowest BCUT2D eigenvalue weighted by atomic mass is 10.1. The first-order chi connectivity index (χ1) is 12.6. The molecule has 1 aliphatic heterocycles. The molecule has 4 nitrogen and oxygen atoms in total. The average Bonchev–Trinajstić information content (AvgIpc) is 3.02. The van der Waals surface area contributed by atoms with E-state index in [1.807, 2.05) is 41.3 Å². The van der Waals surface area contributed by atoms with Crippen LogP contribution in [0, 0.1) is 0 Å². The quantitative estimate of drug-likeness (QED) is 0.762. The molecule has 1 atom stereocenters. The Labute approximate surface area is 162 Å². The van der Waals surface area contributed by atoms with E-state index in [-0.39, 0.29) is 17.2 Å². The van der Waals surface area contributed by atoms with Crippen molar-refractivity contribution < 1.29 is 9.59 Å². The van der Waals surface area contributed by atoms with Gasteiger partial charge in [-0.15, -0.1) is 18.3 Å². The molecule has 1 heterocycles. The highest BCUT2D eigenvalue weighted by Crippen LogP contribution is 2.39. The van der Waals surface area contributed by atoms with Crippen molar-refractivity contribution in [2.45, 2.75) is 11.9 Å². The molecule has 0 spiro atoms. The minimum atomic E-state index is -0.135. The van der Waals surface area contributed by atoms with Crippen molar-refractivity contribution in [3.8, 4) is 0 Å². The molecule has 0 aliphatic carbocycles. The van der Waals surface area contributed by atoms with Crippen molar-refractivity contribution in [3.05, 3.63) is 82.9 Å². The Kier molecular flexibility index (Phi) is 6.01. The highest BCUT2D eigenvalue weighted by atomic mass is 35.5. The molecule has 0 aromatic heterocycles. The van der Waals surface area contributed by atoms with E-state index in [9.17, 15) is 9.59 Å². The first-order valence-electron chi connectivity index (χ1n) is 8.23. The zero-order valence-electron chi connectivity index (χ0n) is 14.2. The third-order valence-corrected chi connectivity index (χ3v) is 5.61. The summed E-state index contributed by atoms with van der Waals surface area (Å²) < 4.78 is 0. The average molecular weight is 387 g/mol. The fourth-order valence-corrected chi connectivity index (χ4v) is 4.07. The first kappa shape index (κ1) is 18.5. The molecule has 134 valence electrons. The van der Waals surface area contributed by atoms with Crippen molar-refractivity contribution in [1.29, 1.82) is 0 Å². The summed E-state index contributed by atoms with van der Waals surface area (Å²) in [4.78, 5) is 26.2. The minimum Gasteiger partial charge on any atom is -0.349 e. The number of carbonyl (C=O) groups excluding carboxylic acids is 2. The van der Waals surface area contributed by atoms with Crippen LogP contribution in [0.3, 0.4) is 0 Å². The molecule has 2 amide bonds. The molecule has 0 radical (unpaired) electrons. The first-order valence-corrected chi connectivity index (χ1v) is 9.65. The number of hydrogen-bond donors (Lipinski definition) is 1. The summed E-state index contributed by atoms with van der Waals surface area (Å²) in [6.45, 7) is 4.55. The molecule has 1 aliphatic rings. The van der Waals surface area contributed by atoms with Gasteiger partial charge in [0.05, 0.1) is 5.75 Å². The molecule has 1 saturated heterocycles. The van der Waals surface area contributed by atoms with Crippen LogP contribution in [0.15, 0.2) is 61.2 Å². The van der Waals surface area contributed by atoms with Crippen LogP contribution < -0.4 is 5.32 Å². The summed E-state index contributed by atoms with van der Waals surface area (Å²) in [7, 11) is 0. The fraction of sp³-hybridized carbons (Fsp3) is 0.200. The van der Waals surface area contributed by atoms with Gasteiger partial charge in [0, 0.05) is 23.7 Å². The molecule has 6 heteroatoms. The molecular weight excluding hydrogens is 368 g/mol. The van der Waals surface area contributed by atoms with Gasteiger partial charge in [0.25, 0.3) is 5.91 Å². The van der Waals surface area contributed by atoms with Gasteiger partial charge in [0.1, 0.15) is 5.37 Å². The molecule has 0 unspecified atom stereocenters. The SMILES string of the molecule is C=CCNC(=O)c1ccc([C@H]2SCC(=O)N2Cc2ccc(Cl)cc2)cc1. The standard InChI is InChI=1S/C20H19ClN2O2S/c1-2-11-22-19(25)15-5-7-16(8-6-15)20-23(18(24)13-26-20)12-14-3-9-17(21)10-4-14/h2-10,20H,1,11-13H2,(H,22,25)/t20-/m1/s1. The Balaban J connectivity index is 1.74. The second-order valence-corrected chi connectivity index (χ2v) is 7.44. The van der Waals surface area contributed by atoms with Crippen molar-refractivity contribution in [1.82, 2.24) is 10.2 Å². The Morgan fingerprint density at radius 2 is 1.92 bits per heavy atom. The van der Waals surface area contributed by atoms with Gasteiger partial charge in [-0.3, -0.25) is 9.59 Å². The van der Waals surface area contributed by atoms with E-state index in [4.69, 9.17) is 11.6 Å². The van der Waals surface area contributed by atoms with E-state index in [0.717, 1.165) is 11.1 Å². The van der Waals surface area contributed by atoms with E-state index in [1.165, 1.54) is 0 Å². The number of halogens is 1. The Morgan fingerprint density at radius 3 is 2.58 bits per heavy atom. The van der Waals surface area contributed by atoms with Gasteiger partial charge >= 0.3 is 0 Å². The Bertz CT molecular complexity index is 806. The number of rotatable bonds is 6. The van der Waals surface area contributed by atoms with Crippen LogP contribution in [0.25, 0.3) is 0 Å². The van der Waals surface area contributed by atoms with Crippen LogP contribution in [0.4, 0.5) is 0 Å². The summed E-state index contributed by atoms with van der Waals surface area (Å²) >= 11 is 7.53. The second kappa shape index (κ2) is 8.43. The number of nitrogens with one attached hydrogen (secondary N) is 1. The molecule has 0 bridgehead atoms. The van der Waals surface area contributed by atoms with Gasteiger partial charge in [0.15, 0.2) is 0 Å². The molecule has 3 rings (SSSR count). The predicted octanol–water partition coefficient (Wildman–Crippen LogP) is 4.03. The van der Waals surface area contributed by atoms with Crippen LogP contribution in [0.5, 0.6) is 0 Å². The smallest absolute Gasteiger partial charge is 0.251 e. The van der Waals surface area contributed by atoms with Crippen molar-refractivity contribution in [2.24, 2.45) is 0 Å². The van der Waals surface area contributed by atoms with Crippen molar-refractivity contribution >= 4 is 35.2 Å². The third-order valence-electron chi connectivity index (χ3n) is 4.10. The van der Waals surface area contributed by atoms with Crippen molar-refractivity contribution in [3.63, 3.8) is 0 Å². The largest absolute Gasteiger partial charge is 0.349 e. The van der Waals surface area contributed by atoms with Gasteiger partial charge in [-0.2, -0.15) is 0 Å². The van der Waals surface area contributed by atoms with Crippen LogP contribution in [-0.4, -0.2) is 29.0 Å². The van der Waals surface area contributed by atoms with Gasteiger partial charge in [-0.1, -0.05) is 41.9 Å². The number of nitrogens with zero attached hydrogens (tertiary/aromatic N) is 1. The predicted molar refractivity (Wildman–Crippen MR) is 106 cm³/mol. The van der Waals surface area contributed by atoms with Crippen LogP contribution >= 0.6 is 23.4 Å². The summed E-state index contributed by atoms with van der Waals surface area (Å²) in [6.07, 6.45) is 1.64. The number of thioether (sulfide) groups is 1. The van der Waals surface area contributed by atoms with Crippen molar-refractivity contribution in [2.75, 3.05) is 12.3 Å². The summed E-state index contributed by atoms with van der Waals surface area (Å²) in [5, 5.41) is 3.38. The molecule has 1 N–H and O–H groups in total. The number of amides is 2. The Hall–Kier alpha value is -2.24. The fourth-order valence-electron chi connectivity index (χ4n) is 2.75. The maximum atomic E-state index is 12.3. The molecule has 2 aromatic rings. The van der Waals surface area contributed by atoms with Crippen LogP contribution in [0.2, 0.25) is 5.02 Å². The maximum absolute atomic E-state index is 12.3. The molecule has 2 aromatic carbocycles. The molecule has 0 saturated carbocycles. The number of benzene rings is 2. The lowest BCUT2D eigenvalue weighted by Gasteiger charge is -2.24. The van der Waals surface area contributed by atoms with Gasteiger partial charge in [-0.25, -0.2) is 0 Å². The summed E-state index contributed by atoms with van der Waals surface area (Å²) in [6, 6.07) is 14.9. The molecule has 26 heavy (non-hydrogen) atoms. The van der Waals surface area contributed by atoms with Gasteiger partial charge in [-0.05, 0) is 35.4 Å².